The van der Waals surface area contributed by atoms with Crippen LogP contribution in [0.15, 0.2) is 47.1 Å². The van der Waals surface area contributed by atoms with E-state index in [1.807, 2.05) is 19.1 Å². The quantitative estimate of drug-likeness (QED) is 0.790. The molecule has 0 spiro atoms. The Morgan fingerprint density at radius 1 is 1.12 bits per heavy atom. The molecule has 0 aliphatic heterocycles. The maximum absolute atomic E-state index is 11.8. The fourth-order valence-electron chi connectivity index (χ4n) is 1.88. The van der Waals surface area contributed by atoms with Crippen molar-refractivity contribution in [3.05, 3.63) is 59.5 Å². The smallest absolute Gasteiger partial charge is 0.338 e. The van der Waals surface area contributed by atoms with Gasteiger partial charge >= 0.3 is 12.0 Å². The zero-order chi connectivity index (χ0) is 17.4. The Labute approximate surface area is 139 Å². The molecule has 0 unspecified atom stereocenters. The number of rotatable bonds is 6. The van der Waals surface area contributed by atoms with Crippen LogP contribution >= 0.6 is 0 Å². The van der Waals surface area contributed by atoms with Gasteiger partial charge < -0.3 is 14.5 Å². The fraction of sp³-hybridized carbons (Fsp3) is 0.235. The first-order chi connectivity index (χ1) is 11.6. The predicted molar refractivity (Wildman–Crippen MR) is 85.2 cm³/mol. The highest BCUT2D eigenvalue weighted by atomic mass is 16.5. The molecule has 7 nitrogen and oxygen atoms in total. The van der Waals surface area contributed by atoms with E-state index in [0.717, 1.165) is 12.0 Å². The van der Waals surface area contributed by atoms with Gasteiger partial charge in [0.15, 0.2) is 6.61 Å². The van der Waals surface area contributed by atoms with Gasteiger partial charge in [0.1, 0.15) is 5.76 Å². The molecule has 0 radical (unpaired) electrons. The zero-order valence-electron chi connectivity index (χ0n) is 13.2. The lowest BCUT2D eigenvalue weighted by Crippen LogP contribution is -2.41. The molecule has 0 saturated heterocycles. The molecule has 0 bridgehead atoms. The van der Waals surface area contributed by atoms with Gasteiger partial charge in [0.05, 0.1) is 18.4 Å². The molecule has 1 aromatic heterocycles. The number of nitrogens with one attached hydrogen (secondary N) is 2. The minimum Gasteiger partial charge on any atom is -0.467 e. The predicted octanol–water partition coefficient (Wildman–Crippen LogP) is 2.02. The molecule has 2 rings (SSSR count). The van der Waals surface area contributed by atoms with Crippen LogP contribution in [0.25, 0.3) is 0 Å². The number of imide groups is 1. The summed E-state index contributed by atoms with van der Waals surface area (Å²) < 4.78 is 9.90. The first-order valence-electron chi connectivity index (χ1n) is 7.44. The lowest BCUT2D eigenvalue weighted by molar-refractivity contribution is -0.123. The number of benzene rings is 1. The van der Waals surface area contributed by atoms with E-state index in [4.69, 9.17) is 9.15 Å². The van der Waals surface area contributed by atoms with Crippen molar-refractivity contribution in [2.24, 2.45) is 0 Å². The Kier molecular flexibility index (Phi) is 6.13. The van der Waals surface area contributed by atoms with Gasteiger partial charge in [-0.3, -0.25) is 10.1 Å². The summed E-state index contributed by atoms with van der Waals surface area (Å²) in [6.07, 6.45) is 2.34. The van der Waals surface area contributed by atoms with Crippen LogP contribution in [0.1, 0.15) is 28.6 Å². The Balaban J connectivity index is 1.71. The number of hydrogen-bond donors (Lipinski definition) is 2. The average molecular weight is 330 g/mol. The third kappa shape index (κ3) is 5.28. The number of amides is 3. The highest BCUT2D eigenvalue weighted by Crippen LogP contribution is 2.06. The summed E-state index contributed by atoms with van der Waals surface area (Å²) in [6, 6.07) is 9.59. The van der Waals surface area contributed by atoms with Gasteiger partial charge in [0.2, 0.25) is 0 Å². The van der Waals surface area contributed by atoms with E-state index in [1.54, 1.807) is 24.3 Å². The van der Waals surface area contributed by atoms with Crippen molar-refractivity contribution in [3.8, 4) is 0 Å². The molecule has 0 atom stereocenters. The fourth-order valence-corrected chi connectivity index (χ4v) is 1.88. The molecule has 126 valence electrons. The van der Waals surface area contributed by atoms with E-state index in [-0.39, 0.29) is 6.54 Å². The summed E-state index contributed by atoms with van der Waals surface area (Å²) in [5.41, 5.74) is 1.44. The van der Waals surface area contributed by atoms with Gasteiger partial charge in [-0.15, -0.1) is 0 Å². The summed E-state index contributed by atoms with van der Waals surface area (Å²) in [6.45, 7) is 1.62. The van der Waals surface area contributed by atoms with Crippen molar-refractivity contribution < 1.29 is 23.5 Å². The molecule has 3 amide bonds. The molecule has 0 aliphatic carbocycles. The largest absolute Gasteiger partial charge is 0.467 e. The SMILES string of the molecule is CCc1ccc(C(=O)OCC(=O)NC(=O)NCc2ccco2)cc1. The van der Waals surface area contributed by atoms with Crippen LogP contribution in [-0.4, -0.2) is 24.5 Å². The number of hydrogen-bond acceptors (Lipinski definition) is 5. The van der Waals surface area contributed by atoms with Gasteiger partial charge in [-0.1, -0.05) is 19.1 Å². The second-order valence-corrected chi connectivity index (χ2v) is 4.94. The third-order valence-electron chi connectivity index (χ3n) is 3.19. The highest BCUT2D eigenvalue weighted by Gasteiger charge is 2.12. The highest BCUT2D eigenvalue weighted by molar-refractivity contribution is 5.96. The topological polar surface area (TPSA) is 97.6 Å². The summed E-state index contributed by atoms with van der Waals surface area (Å²) in [7, 11) is 0. The van der Waals surface area contributed by atoms with Crippen LogP contribution in [0.2, 0.25) is 0 Å². The molecular formula is C17H18N2O5. The van der Waals surface area contributed by atoms with Gasteiger partial charge in [0.25, 0.3) is 5.91 Å². The molecule has 7 heteroatoms. The van der Waals surface area contributed by atoms with Gasteiger partial charge in [-0.05, 0) is 36.2 Å². The van der Waals surface area contributed by atoms with Crippen molar-refractivity contribution in [3.63, 3.8) is 0 Å². The first-order valence-corrected chi connectivity index (χ1v) is 7.44. The second-order valence-electron chi connectivity index (χ2n) is 4.94. The molecule has 24 heavy (non-hydrogen) atoms. The van der Waals surface area contributed by atoms with Gasteiger partial charge in [-0.25, -0.2) is 9.59 Å². The molecule has 0 aliphatic rings. The summed E-state index contributed by atoms with van der Waals surface area (Å²) in [4.78, 5) is 34.9. The van der Waals surface area contributed by atoms with E-state index in [2.05, 4.69) is 10.6 Å². The number of urea groups is 1. The number of carbonyl (C=O) groups is 3. The summed E-state index contributed by atoms with van der Waals surface area (Å²) in [5.74, 6) is -0.783. The maximum atomic E-state index is 11.8. The number of ether oxygens (including phenoxy) is 1. The van der Waals surface area contributed by atoms with Crippen LogP contribution in [0.4, 0.5) is 4.79 Å². The normalized spacial score (nSPS) is 10.0. The number of furan rings is 1. The lowest BCUT2D eigenvalue weighted by atomic mass is 10.1. The van der Waals surface area contributed by atoms with E-state index >= 15 is 0 Å². The van der Waals surface area contributed by atoms with E-state index in [9.17, 15) is 14.4 Å². The molecule has 1 heterocycles. The van der Waals surface area contributed by atoms with Gasteiger partial charge in [0, 0.05) is 0 Å². The van der Waals surface area contributed by atoms with Gasteiger partial charge in [-0.2, -0.15) is 0 Å². The van der Waals surface area contributed by atoms with E-state index in [1.165, 1.54) is 6.26 Å². The minimum atomic E-state index is -0.717. The van der Waals surface area contributed by atoms with Crippen LogP contribution < -0.4 is 10.6 Å². The van der Waals surface area contributed by atoms with Crippen LogP contribution in [0.3, 0.4) is 0 Å². The van der Waals surface area contributed by atoms with Crippen molar-refractivity contribution in [2.45, 2.75) is 19.9 Å². The standard InChI is InChI=1S/C17H18N2O5/c1-2-12-5-7-13(8-6-12)16(21)24-11-15(20)19-17(22)18-10-14-4-3-9-23-14/h3-9H,2,10-11H2,1H3,(H2,18,19,20,22). The number of esters is 1. The first kappa shape index (κ1) is 17.3. The van der Waals surface area contributed by atoms with Crippen molar-refractivity contribution >= 4 is 17.9 Å². The Hall–Kier alpha value is -3.09. The van der Waals surface area contributed by atoms with Crippen molar-refractivity contribution in [1.82, 2.24) is 10.6 Å². The zero-order valence-corrected chi connectivity index (χ0v) is 13.2. The Morgan fingerprint density at radius 2 is 1.88 bits per heavy atom. The van der Waals surface area contributed by atoms with Crippen LogP contribution in [-0.2, 0) is 22.5 Å². The molecular weight excluding hydrogens is 312 g/mol. The Morgan fingerprint density at radius 3 is 2.50 bits per heavy atom. The second kappa shape index (κ2) is 8.52. The number of aryl methyl sites for hydroxylation is 1. The van der Waals surface area contributed by atoms with E-state index in [0.29, 0.717) is 11.3 Å². The summed E-state index contributed by atoms with van der Waals surface area (Å²) >= 11 is 0. The average Bonchev–Trinajstić information content (AvgIpc) is 3.11. The molecule has 1 aromatic carbocycles. The molecule has 2 aromatic rings. The third-order valence-corrected chi connectivity index (χ3v) is 3.19. The number of carbonyl (C=O) groups excluding carboxylic acids is 3. The molecule has 0 saturated carbocycles. The monoisotopic (exact) mass is 330 g/mol. The van der Waals surface area contributed by atoms with Crippen molar-refractivity contribution in [2.75, 3.05) is 6.61 Å². The van der Waals surface area contributed by atoms with E-state index < -0.39 is 24.5 Å². The minimum absolute atomic E-state index is 0.148. The van der Waals surface area contributed by atoms with Crippen molar-refractivity contribution in [1.29, 1.82) is 0 Å². The van der Waals surface area contributed by atoms with Crippen LogP contribution in [0.5, 0.6) is 0 Å². The Bertz CT molecular complexity index is 692. The molecule has 0 fully saturated rings. The maximum Gasteiger partial charge on any atom is 0.338 e. The summed E-state index contributed by atoms with van der Waals surface area (Å²) in [5, 5.41) is 4.50. The lowest BCUT2D eigenvalue weighted by Gasteiger charge is -2.07. The molecule has 2 N–H and O–H groups in total. The van der Waals surface area contributed by atoms with Crippen LogP contribution in [0, 0.1) is 0 Å².